The van der Waals surface area contributed by atoms with Gasteiger partial charge in [0.15, 0.2) is 0 Å². The maximum absolute atomic E-state index is 10.9. The van der Waals surface area contributed by atoms with Gasteiger partial charge in [-0.15, -0.1) is 0 Å². The molecule has 0 aromatic heterocycles. The molecule has 0 bridgehead atoms. The van der Waals surface area contributed by atoms with Crippen molar-refractivity contribution in [3.63, 3.8) is 0 Å². The van der Waals surface area contributed by atoms with Gasteiger partial charge in [-0.3, -0.25) is 4.79 Å². The average Bonchev–Trinajstić information content (AvgIpc) is 2.74. The van der Waals surface area contributed by atoms with E-state index in [-0.39, 0.29) is 17.7 Å². The number of benzene rings is 1. The number of aromatic hydroxyl groups is 1. The molecular formula is C13H17NO3. The van der Waals surface area contributed by atoms with Crippen molar-refractivity contribution in [1.29, 1.82) is 0 Å². The zero-order valence-electron chi connectivity index (χ0n) is 10.0. The van der Waals surface area contributed by atoms with E-state index in [1.807, 2.05) is 19.9 Å². The monoisotopic (exact) mass is 235 g/mol. The molecule has 0 spiro atoms. The Kier molecular flexibility index (Phi) is 3.07. The molecule has 4 heteroatoms. The molecule has 1 aliphatic rings. The third kappa shape index (κ3) is 2.26. The molecule has 0 saturated carbocycles. The third-order valence-electron chi connectivity index (χ3n) is 3.54. The standard InChI is InChI=1S/C13H17NO3/c1-7-3-9(5-12(15)8(7)2)11-4-10(6-14-11)13(16)17/h3,5,10-11,14-15H,4,6H2,1-2H3,(H,16,17). The molecular weight excluding hydrogens is 218 g/mol. The highest BCUT2D eigenvalue weighted by Crippen LogP contribution is 2.31. The number of aliphatic carboxylic acids is 1. The Hall–Kier alpha value is -1.55. The van der Waals surface area contributed by atoms with E-state index < -0.39 is 5.97 Å². The molecule has 1 heterocycles. The molecule has 1 aromatic rings. The zero-order valence-corrected chi connectivity index (χ0v) is 10.0. The van der Waals surface area contributed by atoms with E-state index in [1.54, 1.807) is 6.07 Å². The number of hydrogen-bond acceptors (Lipinski definition) is 3. The number of aryl methyl sites for hydroxylation is 1. The Balaban J connectivity index is 2.22. The lowest BCUT2D eigenvalue weighted by atomic mass is 9.96. The van der Waals surface area contributed by atoms with Crippen LogP contribution in [-0.2, 0) is 4.79 Å². The highest BCUT2D eigenvalue weighted by Gasteiger charge is 2.30. The van der Waals surface area contributed by atoms with Crippen LogP contribution in [0.4, 0.5) is 0 Å². The Bertz CT molecular complexity index is 433. The molecule has 4 nitrogen and oxygen atoms in total. The molecule has 2 unspecified atom stereocenters. The summed E-state index contributed by atoms with van der Waals surface area (Å²) in [6, 6.07) is 3.77. The fourth-order valence-corrected chi connectivity index (χ4v) is 2.25. The number of hydrogen-bond donors (Lipinski definition) is 3. The summed E-state index contributed by atoms with van der Waals surface area (Å²) < 4.78 is 0. The molecule has 0 aliphatic carbocycles. The van der Waals surface area contributed by atoms with Crippen LogP contribution in [0.25, 0.3) is 0 Å². The van der Waals surface area contributed by atoms with Crippen LogP contribution in [0.3, 0.4) is 0 Å². The van der Waals surface area contributed by atoms with Crippen molar-refractivity contribution in [2.45, 2.75) is 26.3 Å². The Morgan fingerprint density at radius 2 is 2.12 bits per heavy atom. The van der Waals surface area contributed by atoms with E-state index >= 15 is 0 Å². The quantitative estimate of drug-likeness (QED) is 0.730. The van der Waals surface area contributed by atoms with Gasteiger partial charge in [-0.05, 0) is 43.0 Å². The van der Waals surface area contributed by atoms with Gasteiger partial charge in [0, 0.05) is 12.6 Å². The average molecular weight is 235 g/mol. The molecule has 17 heavy (non-hydrogen) atoms. The molecule has 2 rings (SSSR count). The lowest BCUT2D eigenvalue weighted by Gasteiger charge is -2.14. The van der Waals surface area contributed by atoms with Crippen molar-refractivity contribution in [3.8, 4) is 5.75 Å². The molecule has 1 aromatic carbocycles. The smallest absolute Gasteiger partial charge is 0.307 e. The van der Waals surface area contributed by atoms with Crippen LogP contribution in [0.2, 0.25) is 0 Å². The predicted molar refractivity (Wildman–Crippen MR) is 64.1 cm³/mol. The van der Waals surface area contributed by atoms with Crippen LogP contribution >= 0.6 is 0 Å². The second-order valence-corrected chi connectivity index (χ2v) is 4.71. The van der Waals surface area contributed by atoms with Crippen LogP contribution in [-0.4, -0.2) is 22.7 Å². The minimum atomic E-state index is -0.756. The summed E-state index contributed by atoms with van der Waals surface area (Å²) >= 11 is 0. The van der Waals surface area contributed by atoms with Gasteiger partial charge in [0.05, 0.1) is 5.92 Å². The van der Waals surface area contributed by atoms with E-state index in [9.17, 15) is 9.90 Å². The summed E-state index contributed by atoms with van der Waals surface area (Å²) in [5.41, 5.74) is 2.87. The first-order valence-corrected chi connectivity index (χ1v) is 5.75. The summed E-state index contributed by atoms with van der Waals surface area (Å²) in [7, 11) is 0. The van der Waals surface area contributed by atoms with Gasteiger partial charge in [0.25, 0.3) is 0 Å². The second-order valence-electron chi connectivity index (χ2n) is 4.71. The summed E-state index contributed by atoms with van der Waals surface area (Å²) in [5, 5.41) is 21.9. The highest BCUT2D eigenvalue weighted by molar-refractivity contribution is 5.70. The molecule has 1 aliphatic heterocycles. The Morgan fingerprint density at radius 1 is 1.41 bits per heavy atom. The number of phenols is 1. The summed E-state index contributed by atoms with van der Waals surface area (Å²) in [6.07, 6.45) is 0.581. The van der Waals surface area contributed by atoms with Crippen molar-refractivity contribution in [3.05, 3.63) is 28.8 Å². The first kappa shape index (κ1) is 11.9. The summed E-state index contributed by atoms with van der Waals surface area (Å²) in [6.45, 7) is 4.31. The van der Waals surface area contributed by atoms with Gasteiger partial charge in [0.2, 0.25) is 0 Å². The van der Waals surface area contributed by atoms with Gasteiger partial charge < -0.3 is 15.5 Å². The van der Waals surface area contributed by atoms with Crippen LogP contribution in [0.5, 0.6) is 5.75 Å². The fraction of sp³-hybridized carbons (Fsp3) is 0.462. The number of rotatable bonds is 2. The van der Waals surface area contributed by atoms with Crippen LogP contribution < -0.4 is 5.32 Å². The topological polar surface area (TPSA) is 69.6 Å². The lowest BCUT2D eigenvalue weighted by molar-refractivity contribution is -0.141. The number of nitrogens with one attached hydrogen (secondary N) is 1. The Labute approximate surface area is 100 Å². The normalized spacial score (nSPS) is 23.9. The van der Waals surface area contributed by atoms with Crippen molar-refractivity contribution in [1.82, 2.24) is 5.32 Å². The molecule has 1 fully saturated rings. The zero-order chi connectivity index (χ0) is 12.6. The minimum Gasteiger partial charge on any atom is -0.508 e. The predicted octanol–water partition coefficient (Wildman–Crippen LogP) is 1.74. The summed E-state index contributed by atoms with van der Waals surface area (Å²) in [5.74, 6) is -0.808. The summed E-state index contributed by atoms with van der Waals surface area (Å²) in [4.78, 5) is 10.9. The van der Waals surface area contributed by atoms with Crippen LogP contribution in [0.1, 0.15) is 29.2 Å². The largest absolute Gasteiger partial charge is 0.508 e. The fourth-order valence-electron chi connectivity index (χ4n) is 2.25. The molecule has 0 radical (unpaired) electrons. The van der Waals surface area contributed by atoms with E-state index in [0.717, 1.165) is 16.7 Å². The number of phenolic OH excluding ortho intramolecular Hbond substituents is 1. The first-order chi connectivity index (χ1) is 7.99. The van der Waals surface area contributed by atoms with E-state index in [0.29, 0.717) is 13.0 Å². The van der Waals surface area contributed by atoms with Gasteiger partial charge in [-0.1, -0.05) is 6.07 Å². The van der Waals surface area contributed by atoms with Crippen molar-refractivity contribution in [2.75, 3.05) is 6.54 Å². The molecule has 3 N–H and O–H groups in total. The first-order valence-electron chi connectivity index (χ1n) is 5.75. The minimum absolute atomic E-state index is 0.0290. The maximum Gasteiger partial charge on any atom is 0.307 e. The number of carbonyl (C=O) groups is 1. The van der Waals surface area contributed by atoms with Gasteiger partial charge in [0.1, 0.15) is 5.75 Å². The van der Waals surface area contributed by atoms with Crippen molar-refractivity contribution >= 4 is 5.97 Å². The molecule has 2 atom stereocenters. The van der Waals surface area contributed by atoms with Crippen molar-refractivity contribution in [2.24, 2.45) is 5.92 Å². The van der Waals surface area contributed by atoms with Crippen LogP contribution in [0.15, 0.2) is 12.1 Å². The Morgan fingerprint density at radius 3 is 2.65 bits per heavy atom. The molecule has 0 amide bonds. The molecule has 1 saturated heterocycles. The number of carboxylic acid groups (broad SMARTS) is 1. The maximum atomic E-state index is 10.9. The van der Waals surface area contributed by atoms with Gasteiger partial charge in [-0.25, -0.2) is 0 Å². The van der Waals surface area contributed by atoms with Crippen LogP contribution in [0, 0.1) is 19.8 Å². The van der Waals surface area contributed by atoms with Crippen molar-refractivity contribution < 1.29 is 15.0 Å². The number of carboxylic acids is 1. The van der Waals surface area contributed by atoms with E-state index in [1.165, 1.54) is 0 Å². The highest BCUT2D eigenvalue weighted by atomic mass is 16.4. The second kappa shape index (κ2) is 4.37. The van der Waals surface area contributed by atoms with E-state index in [4.69, 9.17) is 5.11 Å². The SMILES string of the molecule is Cc1cc(C2CC(C(=O)O)CN2)cc(O)c1C. The molecule has 92 valence electrons. The van der Waals surface area contributed by atoms with Gasteiger partial charge in [-0.2, -0.15) is 0 Å². The third-order valence-corrected chi connectivity index (χ3v) is 3.54. The van der Waals surface area contributed by atoms with E-state index in [2.05, 4.69) is 5.32 Å². The lowest BCUT2D eigenvalue weighted by Crippen LogP contribution is -2.17. The van der Waals surface area contributed by atoms with Gasteiger partial charge >= 0.3 is 5.97 Å².